The minimum absolute atomic E-state index is 0.0189. The lowest BCUT2D eigenvalue weighted by Crippen LogP contribution is -2.36. The zero-order valence-electron chi connectivity index (χ0n) is 17.4. The van der Waals surface area contributed by atoms with Crippen molar-refractivity contribution in [2.24, 2.45) is 5.92 Å². The number of aryl methyl sites for hydroxylation is 1. The van der Waals surface area contributed by atoms with Crippen LogP contribution in [0.15, 0.2) is 28.0 Å². The molecule has 0 spiro atoms. The maximum atomic E-state index is 13.3. The van der Waals surface area contributed by atoms with Gasteiger partial charge in [0.25, 0.3) is 11.5 Å². The van der Waals surface area contributed by atoms with Crippen molar-refractivity contribution in [1.82, 2.24) is 14.3 Å². The molecule has 2 aromatic heterocycles. The van der Waals surface area contributed by atoms with Gasteiger partial charge in [0.15, 0.2) is 0 Å². The summed E-state index contributed by atoms with van der Waals surface area (Å²) in [5, 5.41) is 3.27. The van der Waals surface area contributed by atoms with Gasteiger partial charge in [0.1, 0.15) is 15.8 Å². The van der Waals surface area contributed by atoms with E-state index in [1.54, 1.807) is 17.2 Å². The van der Waals surface area contributed by atoms with Crippen LogP contribution in [0.3, 0.4) is 0 Å². The average molecular weight is 431 g/mol. The van der Waals surface area contributed by atoms with Gasteiger partial charge in [0.05, 0.1) is 10.5 Å². The van der Waals surface area contributed by atoms with E-state index in [1.165, 1.54) is 16.2 Å². The van der Waals surface area contributed by atoms with Crippen molar-refractivity contribution < 1.29 is 4.79 Å². The van der Waals surface area contributed by atoms with E-state index in [9.17, 15) is 9.59 Å². The number of hydrogen-bond donors (Lipinski definition) is 1. The molecule has 1 aliphatic rings. The van der Waals surface area contributed by atoms with E-state index in [1.807, 2.05) is 32.9 Å². The number of pyridine rings is 1. The number of amides is 1. The molecule has 29 heavy (non-hydrogen) atoms. The molecular formula is C21H26N4O2S2. The van der Waals surface area contributed by atoms with Gasteiger partial charge in [-0.25, -0.2) is 4.98 Å². The lowest BCUT2D eigenvalue weighted by atomic mass is 10.2. The van der Waals surface area contributed by atoms with Crippen LogP contribution in [0.4, 0.5) is 5.82 Å². The van der Waals surface area contributed by atoms with Crippen LogP contribution in [0.25, 0.3) is 11.7 Å². The van der Waals surface area contributed by atoms with Crippen LogP contribution in [-0.4, -0.2) is 37.1 Å². The van der Waals surface area contributed by atoms with E-state index < -0.39 is 0 Å². The number of rotatable bonds is 6. The van der Waals surface area contributed by atoms with Crippen LogP contribution in [0.1, 0.15) is 45.2 Å². The Hall–Kier alpha value is -2.19. The third kappa shape index (κ3) is 4.38. The van der Waals surface area contributed by atoms with E-state index >= 15 is 0 Å². The number of anilines is 1. The van der Waals surface area contributed by atoms with Crippen molar-refractivity contribution in [2.75, 3.05) is 11.9 Å². The Morgan fingerprint density at radius 1 is 1.28 bits per heavy atom. The molecule has 1 fully saturated rings. The van der Waals surface area contributed by atoms with Crippen molar-refractivity contribution in [1.29, 1.82) is 0 Å². The van der Waals surface area contributed by atoms with E-state index in [-0.39, 0.29) is 17.5 Å². The number of carbonyl (C=O) groups excluding carboxylic acids is 1. The second-order valence-electron chi connectivity index (χ2n) is 7.70. The molecule has 0 radical (unpaired) electrons. The predicted molar refractivity (Wildman–Crippen MR) is 124 cm³/mol. The highest BCUT2D eigenvalue weighted by Gasteiger charge is 2.35. The minimum atomic E-state index is -0.209. The number of nitrogens with zero attached hydrogens (tertiary/aromatic N) is 3. The third-order valence-corrected chi connectivity index (χ3v) is 6.14. The molecule has 1 saturated heterocycles. The summed E-state index contributed by atoms with van der Waals surface area (Å²) in [6.07, 6.45) is 4.20. The quantitative estimate of drug-likeness (QED) is 0.550. The van der Waals surface area contributed by atoms with Gasteiger partial charge in [-0.1, -0.05) is 50.8 Å². The summed E-state index contributed by atoms with van der Waals surface area (Å²) in [4.78, 5) is 32.9. The van der Waals surface area contributed by atoms with Crippen LogP contribution in [0.5, 0.6) is 0 Å². The molecule has 1 aliphatic heterocycles. The standard InChI is InChI=1S/C21H26N4O2S2/c1-6-14(5)25-20(27)16(29-21(25)28)9-15-18(22-10-12(2)3)23-17-8-7-13(4)11-24(17)19(15)26/h7-9,11-12,14,22H,6,10H2,1-5H3. The number of thiocarbonyl (C=S) groups is 1. The summed E-state index contributed by atoms with van der Waals surface area (Å²) >= 11 is 6.65. The summed E-state index contributed by atoms with van der Waals surface area (Å²) in [7, 11) is 0. The van der Waals surface area contributed by atoms with E-state index in [4.69, 9.17) is 12.2 Å². The molecule has 8 heteroatoms. The number of hydrogen-bond acceptors (Lipinski definition) is 6. The van der Waals surface area contributed by atoms with Crippen molar-refractivity contribution in [3.63, 3.8) is 0 Å². The van der Waals surface area contributed by atoms with Gasteiger partial charge in [-0.2, -0.15) is 0 Å². The number of carbonyl (C=O) groups is 1. The molecule has 1 N–H and O–H groups in total. The Labute approximate surface area is 180 Å². The third-order valence-electron chi connectivity index (χ3n) is 4.81. The Bertz CT molecular complexity index is 1060. The molecular weight excluding hydrogens is 404 g/mol. The monoisotopic (exact) mass is 430 g/mol. The van der Waals surface area contributed by atoms with E-state index in [0.29, 0.717) is 38.7 Å². The highest BCUT2D eigenvalue weighted by molar-refractivity contribution is 8.26. The van der Waals surface area contributed by atoms with Gasteiger partial charge in [-0.3, -0.25) is 18.9 Å². The van der Waals surface area contributed by atoms with Crippen LogP contribution < -0.4 is 10.9 Å². The Morgan fingerprint density at radius 2 is 2.00 bits per heavy atom. The highest BCUT2D eigenvalue weighted by Crippen LogP contribution is 2.34. The van der Waals surface area contributed by atoms with Crippen LogP contribution in [0.2, 0.25) is 0 Å². The molecule has 154 valence electrons. The van der Waals surface area contributed by atoms with Crippen molar-refractivity contribution in [3.05, 3.63) is 44.7 Å². The predicted octanol–water partition coefficient (Wildman–Crippen LogP) is 4.07. The summed E-state index contributed by atoms with van der Waals surface area (Å²) < 4.78 is 2.05. The summed E-state index contributed by atoms with van der Waals surface area (Å²) in [5.74, 6) is 0.712. The minimum Gasteiger partial charge on any atom is -0.369 e. The van der Waals surface area contributed by atoms with Gasteiger partial charge in [-0.15, -0.1) is 0 Å². The van der Waals surface area contributed by atoms with Gasteiger partial charge in [0, 0.05) is 18.8 Å². The Balaban J connectivity index is 2.14. The maximum absolute atomic E-state index is 13.3. The van der Waals surface area contributed by atoms with Crippen LogP contribution in [0, 0.1) is 12.8 Å². The first-order valence-corrected chi connectivity index (χ1v) is 11.0. The molecule has 0 bridgehead atoms. The molecule has 1 atom stereocenters. The molecule has 0 saturated carbocycles. The number of aromatic nitrogens is 2. The fourth-order valence-corrected chi connectivity index (χ4v) is 4.44. The zero-order valence-corrected chi connectivity index (χ0v) is 19.0. The molecule has 0 aliphatic carbocycles. The topological polar surface area (TPSA) is 66.7 Å². The summed E-state index contributed by atoms with van der Waals surface area (Å²) in [6, 6.07) is 3.76. The van der Waals surface area contributed by atoms with Crippen molar-refractivity contribution >= 4 is 51.7 Å². The number of fused-ring (bicyclic) bond motifs is 1. The largest absolute Gasteiger partial charge is 0.369 e. The first kappa shape index (κ1) is 21.5. The molecule has 3 heterocycles. The van der Waals surface area contributed by atoms with Crippen molar-refractivity contribution in [2.45, 2.75) is 47.1 Å². The van der Waals surface area contributed by atoms with Gasteiger partial charge < -0.3 is 5.32 Å². The SMILES string of the molecule is CCC(C)N1C(=O)C(=Cc2c(NCC(C)C)nc3ccc(C)cn3c2=O)SC1=S. The van der Waals surface area contributed by atoms with Crippen LogP contribution >= 0.6 is 24.0 Å². The second kappa shape index (κ2) is 8.67. The summed E-state index contributed by atoms with van der Waals surface area (Å²) in [5.41, 5.74) is 1.69. The lowest BCUT2D eigenvalue weighted by Gasteiger charge is -2.21. The first-order valence-electron chi connectivity index (χ1n) is 9.76. The molecule has 1 unspecified atom stereocenters. The number of thioether (sulfide) groups is 1. The molecule has 6 nitrogen and oxygen atoms in total. The maximum Gasteiger partial charge on any atom is 0.267 e. The van der Waals surface area contributed by atoms with Gasteiger partial charge >= 0.3 is 0 Å². The van der Waals surface area contributed by atoms with Crippen molar-refractivity contribution in [3.8, 4) is 0 Å². The molecule has 1 amide bonds. The fraction of sp³-hybridized carbons (Fsp3) is 0.429. The Morgan fingerprint density at radius 3 is 2.66 bits per heavy atom. The zero-order chi connectivity index (χ0) is 21.3. The average Bonchev–Trinajstić information content (AvgIpc) is 2.95. The van der Waals surface area contributed by atoms with Crippen LogP contribution in [-0.2, 0) is 4.79 Å². The smallest absolute Gasteiger partial charge is 0.267 e. The normalized spacial score (nSPS) is 17.0. The summed E-state index contributed by atoms with van der Waals surface area (Å²) in [6.45, 7) is 10.8. The molecule has 3 rings (SSSR count). The fourth-order valence-electron chi connectivity index (χ4n) is 3.00. The molecule has 0 aromatic carbocycles. The Kier molecular flexibility index (Phi) is 6.43. The number of nitrogens with one attached hydrogen (secondary N) is 1. The molecule has 2 aromatic rings. The highest BCUT2D eigenvalue weighted by atomic mass is 32.2. The van der Waals surface area contributed by atoms with Gasteiger partial charge in [-0.05, 0) is 43.9 Å². The van der Waals surface area contributed by atoms with E-state index in [0.717, 1.165) is 12.0 Å². The first-order chi connectivity index (χ1) is 13.7. The van der Waals surface area contributed by atoms with E-state index in [2.05, 4.69) is 24.1 Å². The lowest BCUT2D eigenvalue weighted by molar-refractivity contribution is -0.123. The second-order valence-corrected chi connectivity index (χ2v) is 9.37. The van der Waals surface area contributed by atoms with Gasteiger partial charge in [0.2, 0.25) is 0 Å².